The average molecular weight is 219 g/mol. The number of aliphatic hydroxyl groups is 1. The Morgan fingerprint density at radius 2 is 2.29 bits per heavy atom. The van der Waals surface area contributed by atoms with Gasteiger partial charge in [0.1, 0.15) is 0 Å². The molecule has 0 saturated carbocycles. The third-order valence-electron chi connectivity index (χ3n) is 1.85. The van der Waals surface area contributed by atoms with Crippen LogP contribution < -0.4 is 10.6 Å². The predicted octanol–water partition coefficient (Wildman–Crippen LogP) is -1.00. The Morgan fingerprint density at radius 1 is 1.57 bits per heavy atom. The largest absolute Gasteiger partial charge is 0.370 e. The van der Waals surface area contributed by atoms with Crippen molar-refractivity contribution < 1.29 is 5.11 Å². The predicted molar refractivity (Wildman–Crippen MR) is 58.2 cm³/mol. The number of nitrogens with zero attached hydrogens (tertiary/aromatic N) is 3. The highest BCUT2D eigenvalue weighted by Crippen LogP contribution is 2.10. The number of aliphatic hydroxyl groups excluding tert-OH is 1. The van der Waals surface area contributed by atoms with E-state index in [1.165, 1.54) is 5.01 Å². The fourth-order valence-corrected chi connectivity index (χ4v) is 1.66. The molecule has 0 fully saturated rings. The molecule has 4 N–H and O–H groups in total. The van der Waals surface area contributed by atoms with E-state index in [1.54, 1.807) is 0 Å². The molecule has 0 bridgehead atoms. The molecular weight excluding hydrogens is 202 g/mol. The Hall–Kier alpha value is -0.340. The average Bonchev–Trinajstić information content (AvgIpc) is 2.50. The number of hydrogen-bond donors (Lipinski definition) is 3. The highest BCUT2D eigenvalue weighted by Gasteiger charge is 2.22. The minimum absolute atomic E-state index is 0.494. The van der Waals surface area contributed by atoms with Gasteiger partial charge in [-0.25, -0.2) is 10.6 Å². The maximum atomic E-state index is 9.37. The summed E-state index contributed by atoms with van der Waals surface area (Å²) in [6.07, 6.45) is 0.198. The van der Waals surface area contributed by atoms with Gasteiger partial charge in [0.05, 0.1) is 12.1 Å². The van der Waals surface area contributed by atoms with Crippen molar-refractivity contribution in [3.8, 4) is 0 Å². The van der Waals surface area contributed by atoms with Crippen LogP contribution in [0.15, 0.2) is 4.40 Å². The molecule has 0 spiro atoms. The van der Waals surface area contributed by atoms with Gasteiger partial charge in [0.15, 0.2) is 12.1 Å². The summed E-state index contributed by atoms with van der Waals surface area (Å²) in [7, 11) is 4.03. The van der Waals surface area contributed by atoms with E-state index in [4.69, 9.17) is 5.84 Å². The molecule has 1 aliphatic heterocycles. The first-order valence-electron chi connectivity index (χ1n) is 4.45. The standard InChI is InChI=1S/C7H17N5OS/c1-11(2)4-3-5-12(8)6-7(13)10-14-9-6/h7,10,13H,3-5,8H2,1-2H3. The first kappa shape index (κ1) is 11.7. The maximum Gasteiger partial charge on any atom is 0.176 e. The molecule has 6 nitrogen and oxygen atoms in total. The molecule has 7 heteroatoms. The van der Waals surface area contributed by atoms with Crippen molar-refractivity contribution in [2.24, 2.45) is 10.2 Å². The highest BCUT2D eigenvalue weighted by molar-refractivity contribution is 7.96. The van der Waals surface area contributed by atoms with Crippen molar-refractivity contribution in [3.05, 3.63) is 0 Å². The van der Waals surface area contributed by atoms with Gasteiger partial charge >= 0.3 is 0 Å². The lowest BCUT2D eigenvalue weighted by Gasteiger charge is -2.20. The highest BCUT2D eigenvalue weighted by atomic mass is 32.2. The summed E-state index contributed by atoms with van der Waals surface area (Å²) in [5.74, 6) is 6.22. The van der Waals surface area contributed by atoms with Crippen molar-refractivity contribution in [1.29, 1.82) is 0 Å². The van der Waals surface area contributed by atoms with E-state index in [9.17, 15) is 5.11 Å². The van der Waals surface area contributed by atoms with E-state index < -0.39 is 6.23 Å². The lowest BCUT2D eigenvalue weighted by atomic mass is 10.3. The number of amidine groups is 1. The summed E-state index contributed by atoms with van der Waals surface area (Å²) in [6, 6.07) is 0. The molecule has 82 valence electrons. The van der Waals surface area contributed by atoms with Crippen LogP contribution in [-0.2, 0) is 0 Å². The minimum atomic E-state index is -0.746. The van der Waals surface area contributed by atoms with Crippen LogP contribution in [0.4, 0.5) is 0 Å². The molecule has 0 aromatic carbocycles. The molecule has 1 heterocycles. The second kappa shape index (κ2) is 5.52. The summed E-state index contributed by atoms with van der Waals surface area (Å²) in [6.45, 7) is 1.66. The van der Waals surface area contributed by atoms with E-state index >= 15 is 0 Å². The number of hydrazine groups is 1. The molecule has 0 aliphatic carbocycles. The fourth-order valence-electron chi connectivity index (χ4n) is 1.11. The fraction of sp³-hybridized carbons (Fsp3) is 0.857. The zero-order valence-corrected chi connectivity index (χ0v) is 9.29. The molecule has 0 amide bonds. The van der Waals surface area contributed by atoms with Crippen LogP contribution in [-0.4, -0.2) is 54.3 Å². The summed E-state index contributed by atoms with van der Waals surface area (Å²) in [4.78, 5) is 2.09. The number of rotatable bonds is 4. The second-order valence-corrected chi connectivity index (χ2v) is 4.01. The Kier molecular flexibility index (Phi) is 4.63. The van der Waals surface area contributed by atoms with Crippen molar-refractivity contribution >= 4 is 18.0 Å². The first-order chi connectivity index (χ1) is 6.61. The lowest BCUT2D eigenvalue weighted by Crippen LogP contribution is -2.46. The van der Waals surface area contributed by atoms with Gasteiger partial charge in [-0.1, -0.05) is 0 Å². The molecule has 0 radical (unpaired) electrons. The van der Waals surface area contributed by atoms with Gasteiger partial charge in [-0.2, -0.15) is 4.40 Å². The van der Waals surface area contributed by atoms with Crippen LogP contribution in [0.3, 0.4) is 0 Å². The molecule has 1 atom stereocenters. The van der Waals surface area contributed by atoms with Crippen molar-refractivity contribution in [1.82, 2.24) is 14.6 Å². The van der Waals surface area contributed by atoms with Gasteiger partial charge in [-0.3, -0.25) is 5.01 Å². The quantitative estimate of drug-likeness (QED) is 0.320. The van der Waals surface area contributed by atoms with Gasteiger partial charge in [-0.05, 0) is 27.1 Å². The molecule has 14 heavy (non-hydrogen) atoms. The summed E-state index contributed by atoms with van der Waals surface area (Å²) in [5, 5.41) is 10.9. The third-order valence-corrected chi connectivity index (χ3v) is 2.45. The molecule has 1 unspecified atom stereocenters. The van der Waals surface area contributed by atoms with Crippen LogP contribution in [0.25, 0.3) is 0 Å². The molecular formula is C7H17N5OS. The molecule has 0 aromatic rings. The van der Waals surface area contributed by atoms with Crippen LogP contribution in [0.2, 0.25) is 0 Å². The summed E-state index contributed by atoms with van der Waals surface area (Å²) >= 11 is 1.11. The third kappa shape index (κ3) is 3.43. The van der Waals surface area contributed by atoms with Crippen LogP contribution in [0, 0.1) is 0 Å². The monoisotopic (exact) mass is 219 g/mol. The lowest BCUT2D eigenvalue weighted by molar-refractivity contribution is 0.215. The van der Waals surface area contributed by atoms with Crippen LogP contribution in [0.1, 0.15) is 6.42 Å². The van der Waals surface area contributed by atoms with E-state index in [0.717, 1.165) is 25.1 Å². The van der Waals surface area contributed by atoms with E-state index in [1.807, 2.05) is 14.1 Å². The van der Waals surface area contributed by atoms with Crippen molar-refractivity contribution in [2.45, 2.75) is 12.6 Å². The normalized spacial score (nSPS) is 21.5. The zero-order valence-electron chi connectivity index (χ0n) is 8.47. The molecule has 0 saturated heterocycles. The van der Waals surface area contributed by atoms with E-state index in [0.29, 0.717) is 12.4 Å². The Labute approximate surface area is 88.4 Å². The topological polar surface area (TPSA) is 77.1 Å². The Bertz CT molecular complexity index is 210. The summed E-state index contributed by atoms with van der Waals surface area (Å²) < 4.78 is 6.66. The van der Waals surface area contributed by atoms with Gasteiger partial charge in [-0.15, -0.1) is 0 Å². The van der Waals surface area contributed by atoms with Crippen molar-refractivity contribution in [2.75, 3.05) is 27.2 Å². The Balaban J connectivity index is 2.24. The van der Waals surface area contributed by atoms with Gasteiger partial charge in [0.2, 0.25) is 0 Å². The van der Waals surface area contributed by atoms with Gasteiger partial charge in [0, 0.05) is 6.54 Å². The first-order valence-corrected chi connectivity index (χ1v) is 5.23. The summed E-state index contributed by atoms with van der Waals surface area (Å²) in [5.41, 5.74) is 0. The number of hydrogen-bond acceptors (Lipinski definition) is 7. The number of nitrogens with one attached hydrogen (secondary N) is 1. The van der Waals surface area contributed by atoms with Crippen LogP contribution in [0.5, 0.6) is 0 Å². The van der Waals surface area contributed by atoms with E-state index in [-0.39, 0.29) is 0 Å². The van der Waals surface area contributed by atoms with Crippen molar-refractivity contribution in [3.63, 3.8) is 0 Å². The second-order valence-electron chi connectivity index (χ2n) is 3.41. The minimum Gasteiger partial charge on any atom is -0.370 e. The van der Waals surface area contributed by atoms with Gasteiger partial charge in [0.25, 0.3) is 0 Å². The maximum absolute atomic E-state index is 9.37. The molecule has 1 rings (SSSR count). The zero-order chi connectivity index (χ0) is 10.6. The molecule has 0 aromatic heterocycles. The smallest absolute Gasteiger partial charge is 0.176 e. The van der Waals surface area contributed by atoms with Gasteiger partial charge < -0.3 is 10.0 Å². The SMILES string of the molecule is CN(C)CCCN(N)C1=NSNC1O. The van der Waals surface area contributed by atoms with E-state index in [2.05, 4.69) is 14.0 Å². The Morgan fingerprint density at radius 3 is 2.79 bits per heavy atom. The number of nitrogens with two attached hydrogens (primary N) is 1. The molecule has 1 aliphatic rings. The van der Waals surface area contributed by atoms with Crippen LogP contribution >= 0.6 is 12.1 Å².